The molecule has 0 aliphatic carbocycles. The van der Waals surface area contributed by atoms with E-state index in [1.807, 2.05) is 42.5 Å². The van der Waals surface area contributed by atoms with Gasteiger partial charge in [-0.2, -0.15) is 0 Å². The van der Waals surface area contributed by atoms with Gasteiger partial charge in [0.25, 0.3) is 0 Å². The SMILES string of the molecule is O=C(c1ccccc1)c1oc2ccccc2c1-c1ccc(O)cc1. The average molecular weight is 314 g/mol. The number of phenols is 1. The van der Waals surface area contributed by atoms with Crippen LogP contribution in [0.1, 0.15) is 16.1 Å². The lowest BCUT2D eigenvalue weighted by atomic mass is 9.98. The van der Waals surface area contributed by atoms with Crippen LogP contribution in [0.25, 0.3) is 22.1 Å². The molecule has 0 amide bonds. The quantitative estimate of drug-likeness (QED) is 0.539. The third kappa shape index (κ3) is 2.36. The van der Waals surface area contributed by atoms with E-state index in [0.29, 0.717) is 16.9 Å². The maximum absolute atomic E-state index is 12.9. The first-order chi connectivity index (χ1) is 11.7. The molecule has 0 radical (unpaired) electrons. The lowest BCUT2D eigenvalue weighted by Gasteiger charge is -2.04. The smallest absolute Gasteiger partial charge is 0.228 e. The Labute approximate surface area is 138 Å². The van der Waals surface area contributed by atoms with Crippen LogP contribution < -0.4 is 0 Å². The Bertz CT molecular complexity index is 1010. The predicted octanol–water partition coefficient (Wildman–Crippen LogP) is 5.04. The van der Waals surface area contributed by atoms with E-state index in [1.54, 1.807) is 36.4 Å². The van der Waals surface area contributed by atoms with Crippen molar-refractivity contribution in [2.45, 2.75) is 0 Å². The lowest BCUT2D eigenvalue weighted by Crippen LogP contribution is -2.01. The highest BCUT2D eigenvalue weighted by Gasteiger charge is 2.22. The van der Waals surface area contributed by atoms with Gasteiger partial charge in [-0.1, -0.05) is 60.7 Å². The predicted molar refractivity (Wildman–Crippen MR) is 93.2 cm³/mol. The van der Waals surface area contributed by atoms with E-state index in [1.165, 1.54) is 0 Å². The van der Waals surface area contributed by atoms with Crippen LogP contribution in [-0.2, 0) is 0 Å². The number of ketones is 1. The molecular weight excluding hydrogens is 300 g/mol. The summed E-state index contributed by atoms with van der Waals surface area (Å²) in [6.07, 6.45) is 0. The number of phenolic OH excluding ortho intramolecular Hbond substituents is 1. The van der Waals surface area contributed by atoms with Gasteiger partial charge in [-0.15, -0.1) is 0 Å². The van der Waals surface area contributed by atoms with Crippen LogP contribution in [0.3, 0.4) is 0 Å². The summed E-state index contributed by atoms with van der Waals surface area (Å²) >= 11 is 0. The molecule has 116 valence electrons. The van der Waals surface area contributed by atoms with Crippen LogP contribution in [0.4, 0.5) is 0 Å². The van der Waals surface area contributed by atoms with Crippen LogP contribution in [0.2, 0.25) is 0 Å². The first-order valence-corrected chi connectivity index (χ1v) is 7.65. The molecule has 4 rings (SSSR count). The van der Waals surface area contributed by atoms with Crippen LogP contribution in [0.5, 0.6) is 5.75 Å². The first kappa shape index (κ1) is 14.3. The van der Waals surface area contributed by atoms with Crippen LogP contribution in [0, 0.1) is 0 Å². The number of hydrogen-bond acceptors (Lipinski definition) is 3. The monoisotopic (exact) mass is 314 g/mol. The van der Waals surface area contributed by atoms with Gasteiger partial charge in [0.15, 0.2) is 5.76 Å². The second-order valence-electron chi connectivity index (χ2n) is 5.54. The normalized spacial score (nSPS) is 10.8. The van der Waals surface area contributed by atoms with E-state index in [9.17, 15) is 9.90 Å². The summed E-state index contributed by atoms with van der Waals surface area (Å²) in [6, 6.07) is 23.4. The van der Waals surface area contributed by atoms with Gasteiger partial charge in [0, 0.05) is 16.5 Å². The average Bonchev–Trinajstić information content (AvgIpc) is 3.02. The third-order valence-corrected chi connectivity index (χ3v) is 3.99. The van der Waals surface area contributed by atoms with Crippen molar-refractivity contribution < 1.29 is 14.3 Å². The molecule has 0 bridgehead atoms. The van der Waals surface area contributed by atoms with Crippen molar-refractivity contribution in [3.05, 3.63) is 90.2 Å². The Kier molecular flexibility index (Phi) is 3.39. The fourth-order valence-corrected chi connectivity index (χ4v) is 2.84. The van der Waals surface area contributed by atoms with E-state index >= 15 is 0 Å². The van der Waals surface area contributed by atoms with Gasteiger partial charge >= 0.3 is 0 Å². The molecular formula is C21H14O3. The Morgan fingerprint density at radius 1 is 0.792 bits per heavy atom. The Morgan fingerprint density at radius 2 is 1.46 bits per heavy atom. The van der Waals surface area contributed by atoms with E-state index in [4.69, 9.17) is 4.42 Å². The van der Waals surface area contributed by atoms with Gasteiger partial charge in [-0.25, -0.2) is 0 Å². The molecule has 1 N–H and O–H groups in total. The molecule has 0 saturated carbocycles. The number of fused-ring (bicyclic) bond motifs is 1. The molecule has 0 aliphatic rings. The number of para-hydroxylation sites is 1. The standard InChI is InChI=1S/C21H14O3/c22-16-12-10-14(11-13-16)19-17-8-4-5-9-18(17)24-21(19)20(23)15-6-2-1-3-7-15/h1-13,22H. The van der Waals surface area contributed by atoms with E-state index in [-0.39, 0.29) is 11.5 Å². The number of carbonyl (C=O) groups excluding carboxylic acids is 1. The molecule has 1 heterocycles. The van der Waals surface area contributed by atoms with Crippen molar-refractivity contribution >= 4 is 16.8 Å². The second kappa shape index (κ2) is 5.70. The Hall–Kier alpha value is -3.33. The lowest BCUT2D eigenvalue weighted by molar-refractivity contribution is 0.101. The topological polar surface area (TPSA) is 50.4 Å². The molecule has 3 aromatic carbocycles. The number of aromatic hydroxyl groups is 1. The molecule has 24 heavy (non-hydrogen) atoms. The minimum atomic E-state index is -0.158. The molecule has 0 spiro atoms. The van der Waals surface area contributed by atoms with Crippen LogP contribution in [0.15, 0.2) is 83.3 Å². The molecule has 0 aliphatic heterocycles. The number of carbonyl (C=O) groups is 1. The summed E-state index contributed by atoms with van der Waals surface area (Å²) in [5, 5.41) is 10.4. The van der Waals surface area contributed by atoms with Crippen molar-refractivity contribution in [3.63, 3.8) is 0 Å². The van der Waals surface area contributed by atoms with Gasteiger partial charge in [0.2, 0.25) is 5.78 Å². The van der Waals surface area contributed by atoms with Crippen molar-refractivity contribution in [3.8, 4) is 16.9 Å². The zero-order valence-corrected chi connectivity index (χ0v) is 12.8. The fraction of sp³-hybridized carbons (Fsp3) is 0. The van der Waals surface area contributed by atoms with E-state index in [0.717, 1.165) is 16.5 Å². The first-order valence-electron chi connectivity index (χ1n) is 7.65. The van der Waals surface area contributed by atoms with Crippen molar-refractivity contribution in [2.24, 2.45) is 0 Å². The van der Waals surface area contributed by atoms with Crippen LogP contribution >= 0.6 is 0 Å². The fourth-order valence-electron chi connectivity index (χ4n) is 2.84. The summed E-state index contributed by atoms with van der Waals surface area (Å²) in [5.41, 5.74) is 2.83. The summed E-state index contributed by atoms with van der Waals surface area (Å²) in [5.74, 6) is 0.338. The number of benzene rings is 3. The number of hydrogen-bond donors (Lipinski definition) is 1. The van der Waals surface area contributed by atoms with Gasteiger partial charge < -0.3 is 9.52 Å². The highest BCUT2D eigenvalue weighted by Crippen LogP contribution is 2.36. The van der Waals surface area contributed by atoms with Gasteiger partial charge in [-0.05, 0) is 23.8 Å². The summed E-state index contributed by atoms with van der Waals surface area (Å²) in [4.78, 5) is 12.9. The largest absolute Gasteiger partial charge is 0.508 e. The van der Waals surface area contributed by atoms with Crippen molar-refractivity contribution in [1.29, 1.82) is 0 Å². The van der Waals surface area contributed by atoms with Crippen LogP contribution in [-0.4, -0.2) is 10.9 Å². The zero-order valence-electron chi connectivity index (χ0n) is 12.8. The molecule has 0 saturated heterocycles. The molecule has 1 aromatic heterocycles. The summed E-state index contributed by atoms with van der Waals surface area (Å²) < 4.78 is 5.89. The summed E-state index contributed by atoms with van der Waals surface area (Å²) in [6.45, 7) is 0. The van der Waals surface area contributed by atoms with Gasteiger partial charge in [-0.3, -0.25) is 4.79 Å². The minimum Gasteiger partial charge on any atom is -0.508 e. The van der Waals surface area contributed by atoms with Crippen molar-refractivity contribution in [1.82, 2.24) is 0 Å². The van der Waals surface area contributed by atoms with Gasteiger partial charge in [0.05, 0.1) is 0 Å². The van der Waals surface area contributed by atoms with E-state index < -0.39 is 0 Å². The molecule has 0 atom stereocenters. The summed E-state index contributed by atoms with van der Waals surface area (Å²) in [7, 11) is 0. The maximum Gasteiger partial charge on any atom is 0.228 e. The second-order valence-corrected chi connectivity index (χ2v) is 5.54. The number of furan rings is 1. The molecule has 3 nitrogen and oxygen atoms in total. The third-order valence-electron chi connectivity index (χ3n) is 3.99. The maximum atomic E-state index is 12.9. The minimum absolute atomic E-state index is 0.158. The highest BCUT2D eigenvalue weighted by molar-refractivity contribution is 6.15. The molecule has 0 unspecified atom stereocenters. The molecule has 4 aromatic rings. The Balaban J connectivity index is 1.97. The zero-order chi connectivity index (χ0) is 16.5. The number of rotatable bonds is 3. The van der Waals surface area contributed by atoms with Gasteiger partial charge in [0.1, 0.15) is 11.3 Å². The molecule has 0 fully saturated rings. The van der Waals surface area contributed by atoms with Crippen molar-refractivity contribution in [2.75, 3.05) is 0 Å². The molecule has 3 heteroatoms. The highest BCUT2D eigenvalue weighted by atomic mass is 16.3. The van der Waals surface area contributed by atoms with E-state index in [2.05, 4.69) is 0 Å². The Morgan fingerprint density at radius 3 is 2.21 bits per heavy atom.